The fourth-order valence-corrected chi connectivity index (χ4v) is 3.70. The Morgan fingerprint density at radius 2 is 2.05 bits per heavy atom. The largest absolute Gasteiger partial charge is 0.325 e. The molecule has 3 unspecified atom stereocenters. The van der Waals surface area contributed by atoms with E-state index >= 15 is 0 Å². The van der Waals surface area contributed by atoms with Gasteiger partial charge < -0.3 is 5.32 Å². The van der Waals surface area contributed by atoms with Gasteiger partial charge in [0.1, 0.15) is 0 Å². The SMILES string of the molecule is CCC1(C)C(=O)Nc2ccc(C3=NNC(=O)C4CCC34)cc21. The Kier molecular flexibility index (Phi) is 2.71. The van der Waals surface area contributed by atoms with E-state index in [0.717, 1.165) is 41.8 Å². The maximum atomic E-state index is 12.2. The molecule has 4 rings (SSSR count). The number of fused-ring (bicyclic) bond motifs is 2. The third kappa shape index (κ3) is 1.62. The van der Waals surface area contributed by atoms with Gasteiger partial charge in [0, 0.05) is 17.5 Å². The molecule has 0 aromatic heterocycles. The van der Waals surface area contributed by atoms with Crippen LogP contribution in [0.25, 0.3) is 0 Å². The molecule has 22 heavy (non-hydrogen) atoms. The molecule has 1 aromatic carbocycles. The molecule has 1 aliphatic carbocycles. The molecule has 3 aliphatic rings. The fourth-order valence-electron chi connectivity index (χ4n) is 3.70. The third-order valence-corrected chi connectivity index (χ3v) is 5.62. The van der Waals surface area contributed by atoms with Crippen LogP contribution >= 0.6 is 0 Å². The van der Waals surface area contributed by atoms with E-state index in [0.29, 0.717) is 0 Å². The van der Waals surface area contributed by atoms with Crippen molar-refractivity contribution in [1.82, 2.24) is 5.43 Å². The molecule has 2 heterocycles. The number of anilines is 1. The quantitative estimate of drug-likeness (QED) is 0.878. The molecule has 0 saturated heterocycles. The number of benzene rings is 1. The summed E-state index contributed by atoms with van der Waals surface area (Å²) >= 11 is 0. The zero-order valence-corrected chi connectivity index (χ0v) is 12.8. The second-order valence-electron chi connectivity index (χ2n) is 6.66. The van der Waals surface area contributed by atoms with Gasteiger partial charge in [-0.1, -0.05) is 13.0 Å². The number of amides is 2. The summed E-state index contributed by atoms with van der Waals surface area (Å²) in [5.41, 5.74) is 6.06. The summed E-state index contributed by atoms with van der Waals surface area (Å²) in [6.45, 7) is 4.01. The van der Waals surface area contributed by atoms with E-state index in [4.69, 9.17) is 0 Å². The molecule has 114 valence electrons. The van der Waals surface area contributed by atoms with Gasteiger partial charge in [0.15, 0.2) is 0 Å². The molecule has 3 atom stereocenters. The molecular weight excluding hydrogens is 278 g/mol. The van der Waals surface area contributed by atoms with Gasteiger partial charge in [0.25, 0.3) is 0 Å². The lowest BCUT2D eigenvalue weighted by Gasteiger charge is -2.39. The van der Waals surface area contributed by atoms with Crippen LogP contribution in [0.4, 0.5) is 5.69 Å². The number of hydrazone groups is 1. The molecule has 1 fully saturated rings. The Morgan fingerprint density at radius 1 is 1.27 bits per heavy atom. The topological polar surface area (TPSA) is 70.6 Å². The highest BCUT2D eigenvalue weighted by Crippen LogP contribution is 2.43. The van der Waals surface area contributed by atoms with E-state index in [1.807, 2.05) is 26.0 Å². The zero-order valence-electron chi connectivity index (χ0n) is 12.8. The molecule has 0 radical (unpaired) electrons. The molecule has 2 N–H and O–H groups in total. The van der Waals surface area contributed by atoms with Crippen molar-refractivity contribution in [2.45, 2.75) is 38.5 Å². The van der Waals surface area contributed by atoms with Gasteiger partial charge >= 0.3 is 0 Å². The molecule has 2 amide bonds. The molecular formula is C17H19N3O2. The van der Waals surface area contributed by atoms with E-state index in [1.165, 1.54) is 0 Å². The van der Waals surface area contributed by atoms with Crippen molar-refractivity contribution < 1.29 is 9.59 Å². The summed E-state index contributed by atoms with van der Waals surface area (Å²) < 4.78 is 0. The summed E-state index contributed by atoms with van der Waals surface area (Å²) in [6, 6.07) is 6.02. The molecule has 1 aromatic rings. The van der Waals surface area contributed by atoms with Crippen molar-refractivity contribution in [3.8, 4) is 0 Å². The van der Waals surface area contributed by atoms with Gasteiger partial charge in [-0.25, -0.2) is 5.43 Å². The highest BCUT2D eigenvalue weighted by molar-refractivity contribution is 6.10. The Labute approximate surface area is 129 Å². The molecule has 5 nitrogen and oxygen atoms in total. The number of hydrogen-bond donors (Lipinski definition) is 2. The second kappa shape index (κ2) is 4.41. The normalized spacial score (nSPS) is 32.4. The average Bonchev–Trinajstić information content (AvgIpc) is 2.73. The van der Waals surface area contributed by atoms with E-state index in [2.05, 4.69) is 21.9 Å². The minimum Gasteiger partial charge on any atom is -0.325 e. The first-order valence-corrected chi connectivity index (χ1v) is 7.88. The number of carbonyl (C=O) groups is 2. The number of nitrogens with zero attached hydrogens (tertiary/aromatic N) is 1. The monoisotopic (exact) mass is 297 g/mol. The van der Waals surface area contributed by atoms with Crippen molar-refractivity contribution in [3.05, 3.63) is 29.3 Å². The second-order valence-corrected chi connectivity index (χ2v) is 6.66. The Balaban J connectivity index is 1.77. The van der Waals surface area contributed by atoms with Crippen LogP contribution in [0.5, 0.6) is 0 Å². The number of rotatable bonds is 2. The molecule has 2 aliphatic heterocycles. The van der Waals surface area contributed by atoms with Gasteiger partial charge in [0.2, 0.25) is 11.8 Å². The van der Waals surface area contributed by atoms with Gasteiger partial charge in [-0.15, -0.1) is 0 Å². The van der Waals surface area contributed by atoms with E-state index in [9.17, 15) is 9.59 Å². The minimum absolute atomic E-state index is 0.0383. The molecule has 5 heteroatoms. The maximum absolute atomic E-state index is 12.2. The van der Waals surface area contributed by atoms with Crippen LogP contribution in [0.1, 0.15) is 44.2 Å². The van der Waals surface area contributed by atoms with Crippen LogP contribution in [0.3, 0.4) is 0 Å². The summed E-state index contributed by atoms with van der Waals surface area (Å²) in [5, 5.41) is 7.25. The van der Waals surface area contributed by atoms with Gasteiger partial charge in [0.05, 0.1) is 11.1 Å². The van der Waals surface area contributed by atoms with E-state index < -0.39 is 5.41 Å². The van der Waals surface area contributed by atoms with Crippen LogP contribution in [0.15, 0.2) is 23.3 Å². The van der Waals surface area contributed by atoms with Gasteiger partial charge in [-0.05, 0) is 49.4 Å². The number of carbonyl (C=O) groups excluding carboxylic acids is 2. The van der Waals surface area contributed by atoms with Crippen molar-refractivity contribution in [2.75, 3.05) is 5.32 Å². The first-order chi connectivity index (χ1) is 10.5. The summed E-state index contributed by atoms with van der Waals surface area (Å²) in [4.78, 5) is 24.0. The number of nitrogens with one attached hydrogen (secondary N) is 2. The Bertz CT molecular complexity index is 725. The Hall–Kier alpha value is -2.17. The van der Waals surface area contributed by atoms with Crippen molar-refractivity contribution in [2.24, 2.45) is 16.9 Å². The lowest BCUT2D eigenvalue weighted by atomic mass is 9.68. The standard InChI is InChI=1S/C17H19N3O2/c1-3-17(2)12-8-9(4-7-13(12)18-16(17)22)14-10-5-6-11(10)15(21)20-19-14/h4,7-8,10-11H,3,5-6H2,1-2H3,(H,18,22)(H,20,21). The van der Waals surface area contributed by atoms with Crippen LogP contribution in [-0.4, -0.2) is 17.5 Å². The predicted octanol–water partition coefficient (Wildman–Crippen LogP) is 2.17. The predicted molar refractivity (Wildman–Crippen MR) is 83.6 cm³/mol. The third-order valence-electron chi connectivity index (χ3n) is 5.62. The fraction of sp³-hybridized carbons (Fsp3) is 0.471. The van der Waals surface area contributed by atoms with Gasteiger partial charge in [-0.3, -0.25) is 9.59 Å². The lowest BCUT2D eigenvalue weighted by molar-refractivity contribution is -0.129. The number of hydrogen-bond acceptors (Lipinski definition) is 3. The van der Waals surface area contributed by atoms with Crippen molar-refractivity contribution in [1.29, 1.82) is 0 Å². The zero-order chi connectivity index (χ0) is 15.5. The minimum atomic E-state index is -0.483. The van der Waals surface area contributed by atoms with E-state index in [1.54, 1.807) is 0 Å². The lowest BCUT2D eigenvalue weighted by Crippen LogP contribution is -2.47. The van der Waals surface area contributed by atoms with Crippen molar-refractivity contribution >= 4 is 23.2 Å². The molecule has 1 saturated carbocycles. The average molecular weight is 297 g/mol. The smallest absolute Gasteiger partial charge is 0.243 e. The van der Waals surface area contributed by atoms with Crippen LogP contribution in [0.2, 0.25) is 0 Å². The highest BCUT2D eigenvalue weighted by Gasteiger charge is 2.45. The van der Waals surface area contributed by atoms with Crippen molar-refractivity contribution in [3.63, 3.8) is 0 Å². The maximum Gasteiger partial charge on any atom is 0.243 e. The highest BCUT2D eigenvalue weighted by atomic mass is 16.2. The van der Waals surface area contributed by atoms with Crippen LogP contribution < -0.4 is 10.7 Å². The van der Waals surface area contributed by atoms with Crippen LogP contribution in [0, 0.1) is 11.8 Å². The first-order valence-electron chi connectivity index (χ1n) is 7.88. The van der Waals surface area contributed by atoms with Crippen LogP contribution in [-0.2, 0) is 15.0 Å². The molecule has 0 spiro atoms. The first kappa shape index (κ1) is 13.5. The summed E-state index contributed by atoms with van der Waals surface area (Å²) in [6.07, 6.45) is 2.70. The molecule has 0 bridgehead atoms. The van der Waals surface area contributed by atoms with E-state index in [-0.39, 0.29) is 23.7 Å². The Morgan fingerprint density at radius 3 is 2.73 bits per heavy atom. The summed E-state index contributed by atoms with van der Waals surface area (Å²) in [5.74, 6) is 0.391. The summed E-state index contributed by atoms with van der Waals surface area (Å²) in [7, 11) is 0. The van der Waals surface area contributed by atoms with Gasteiger partial charge in [-0.2, -0.15) is 5.10 Å².